The highest BCUT2D eigenvalue weighted by Gasteiger charge is 2.19. The van der Waals surface area contributed by atoms with E-state index < -0.39 is 6.10 Å². The Hall–Kier alpha value is -2.37. The molecule has 0 heterocycles. The average Bonchev–Trinajstić information content (AvgIpc) is 3.30. The predicted octanol–water partition coefficient (Wildman–Crippen LogP) is 18.9. The molecule has 0 bridgehead atoms. The van der Waals surface area contributed by atoms with E-state index in [9.17, 15) is 14.4 Å². The van der Waals surface area contributed by atoms with Gasteiger partial charge in [-0.15, -0.1) is 0 Å². The number of allylic oxidation sites excluding steroid dienone is 6. The number of carbonyl (C=O) groups is 3. The first-order chi connectivity index (χ1) is 32.0. The first-order valence-electron chi connectivity index (χ1n) is 28.5. The molecule has 0 aromatic rings. The average molecular weight is 914 g/mol. The molecule has 0 amide bonds. The highest BCUT2D eigenvalue weighted by molar-refractivity contribution is 5.71. The largest absolute Gasteiger partial charge is 0.462 e. The van der Waals surface area contributed by atoms with Crippen molar-refractivity contribution < 1.29 is 28.6 Å². The second kappa shape index (κ2) is 54.2. The zero-order valence-corrected chi connectivity index (χ0v) is 43.5. The van der Waals surface area contributed by atoms with Crippen LogP contribution in [0.5, 0.6) is 0 Å². The standard InChI is InChI=1S/C59H108O6/c1-4-7-10-13-16-19-21-23-25-27-28-29-30-31-33-34-36-38-40-43-46-49-52-58(61)64-55-56(54-63-57(60)51-48-45-42-18-15-12-9-6-3)65-59(62)53-50-47-44-41-39-37-35-32-26-24-22-20-17-14-11-8-5-2/h8,11,17,20,24,26,56H,4-7,9-10,12-16,18-19,21-23,25,27-55H2,1-3H3/b11-8-,20-17-,26-24-. The minimum Gasteiger partial charge on any atom is -0.462 e. The maximum absolute atomic E-state index is 12.8. The first kappa shape index (κ1) is 62.6. The fraction of sp³-hybridized carbons (Fsp3) is 0.847. The van der Waals surface area contributed by atoms with Crippen molar-refractivity contribution in [3.05, 3.63) is 36.5 Å². The van der Waals surface area contributed by atoms with Gasteiger partial charge in [-0.3, -0.25) is 14.4 Å². The molecule has 0 saturated carbocycles. The minimum absolute atomic E-state index is 0.0720. The summed E-state index contributed by atoms with van der Waals surface area (Å²) in [5, 5.41) is 0. The van der Waals surface area contributed by atoms with Gasteiger partial charge in [0.25, 0.3) is 0 Å². The van der Waals surface area contributed by atoms with E-state index in [1.54, 1.807) is 0 Å². The van der Waals surface area contributed by atoms with Crippen LogP contribution in [0.15, 0.2) is 36.5 Å². The molecule has 0 rings (SSSR count). The zero-order chi connectivity index (χ0) is 47.2. The Morgan fingerprint density at radius 2 is 0.600 bits per heavy atom. The maximum atomic E-state index is 12.8. The van der Waals surface area contributed by atoms with Gasteiger partial charge in [0.2, 0.25) is 0 Å². The summed E-state index contributed by atoms with van der Waals surface area (Å²) in [5.74, 6) is -0.870. The van der Waals surface area contributed by atoms with Crippen molar-refractivity contribution in [3.63, 3.8) is 0 Å². The molecule has 1 atom stereocenters. The van der Waals surface area contributed by atoms with E-state index in [-0.39, 0.29) is 31.1 Å². The van der Waals surface area contributed by atoms with Crippen molar-refractivity contribution in [2.45, 2.75) is 309 Å². The Balaban J connectivity index is 4.18. The molecule has 0 spiro atoms. The maximum Gasteiger partial charge on any atom is 0.306 e. The first-order valence-corrected chi connectivity index (χ1v) is 28.5. The Kier molecular flexibility index (Phi) is 52.3. The molecule has 0 aliphatic rings. The lowest BCUT2D eigenvalue weighted by Crippen LogP contribution is -2.30. The Bertz CT molecular complexity index is 1090. The summed E-state index contributed by atoms with van der Waals surface area (Å²) in [6.07, 6.45) is 64.4. The second-order valence-corrected chi connectivity index (χ2v) is 19.2. The molecule has 380 valence electrons. The lowest BCUT2D eigenvalue weighted by molar-refractivity contribution is -0.167. The summed E-state index contributed by atoms with van der Waals surface area (Å²) in [7, 11) is 0. The second-order valence-electron chi connectivity index (χ2n) is 19.2. The van der Waals surface area contributed by atoms with Gasteiger partial charge in [0.05, 0.1) is 0 Å². The quantitative estimate of drug-likeness (QED) is 0.0262. The van der Waals surface area contributed by atoms with Crippen LogP contribution in [0.3, 0.4) is 0 Å². The third kappa shape index (κ3) is 52.5. The molecule has 0 aliphatic carbocycles. The normalized spacial score (nSPS) is 12.2. The summed E-state index contributed by atoms with van der Waals surface area (Å²) < 4.78 is 16.8. The van der Waals surface area contributed by atoms with Crippen LogP contribution in [0.25, 0.3) is 0 Å². The number of hydrogen-bond donors (Lipinski definition) is 0. The van der Waals surface area contributed by atoms with Gasteiger partial charge in [0, 0.05) is 19.3 Å². The van der Waals surface area contributed by atoms with E-state index in [2.05, 4.69) is 57.2 Å². The van der Waals surface area contributed by atoms with Crippen molar-refractivity contribution in [1.29, 1.82) is 0 Å². The van der Waals surface area contributed by atoms with Gasteiger partial charge >= 0.3 is 17.9 Å². The van der Waals surface area contributed by atoms with Crippen molar-refractivity contribution >= 4 is 17.9 Å². The van der Waals surface area contributed by atoms with E-state index in [0.29, 0.717) is 19.3 Å². The summed E-state index contributed by atoms with van der Waals surface area (Å²) in [5.41, 5.74) is 0. The smallest absolute Gasteiger partial charge is 0.306 e. The van der Waals surface area contributed by atoms with E-state index in [1.165, 1.54) is 180 Å². The van der Waals surface area contributed by atoms with Gasteiger partial charge in [-0.1, -0.05) is 269 Å². The van der Waals surface area contributed by atoms with Gasteiger partial charge in [-0.2, -0.15) is 0 Å². The Labute approximate surface area is 404 Å². The van der Waals surface area contributed by atoms with Gasteiger partial charge in [-0.05, 0) is 51.4 Å². The molecule has 0 fully saturated rings. The van der Waals surface area contributed by atoms with Crippen LogP contribution in [0.4, 0.5) is 0 Å². The zero-order valence-electron chi connectivity index (χ0n) is 43.5. The summed E-state index contributed by atoms with van der Waals surface area (Å²) in [6.45, 7) is 6.53. The molecular weight excluding hydrogens is 805 g/mol. The highest BCUT2D eigenvalue weighted by atomic mass is 16.6. The topological polar surface area (TPSA) is 78.9 Å². The monoisotopic (exact) mass is 913 g/mol. The van der Waals surface area contributed by atoms with Crippen molar-refractivity contribution in [3.8, 4) is 0 Å². The summed E-state index contributed by atoms with van der Waals surface area (Å²) in [6, 6.07) is 0. The van der Waals surface area contributed by atoms with Crippen LogP contribution in [0, 0.1) is 0 Å². The van der Waals surface area contributed by atoms with Crippen LogP contribution in [0.2, 0.25) is 0 Å². The third-order valence-electron chi connectivity index (χ3n) is 12.7. The molecule has 0 N–H and O–H groups in total. The number of unbranched alkanes of at least 4 members (excludes halogenated alkanes) is 35. The molecule has 65 heavy (non-hydrogen) atoms. The number of carbonyl (C=O) groups excluding carboxylic acids is 3. The molecule has 1 unspecified atom stereocenters. The van der Waals surface area contributed by atoms with E-state index in [0.717, 1.165) is 83.5 Å². The van der Waals surface area contributed by atoms with Gasteiger partial charge in [0.1, 0.15) is 13.2 Å². The minimum atomic E-state index is -0.772. The van der Waals surface area contributed by atoms with Crippen LogP contribution in [0.1, 0.15) is 303 Å². The highest BCUT2D eigenvalue weighted by Crippen LogP contribution is 2.17. The van der Waals surface area contributed by atoms with E-state index >= 15 is 0 Å². The molecule has 6 heteroatoms. The van der Waals surface area contributed by atoms with Crippen molar-refractivity contribution in [1.82, 2.24) is 0 Å². The van der Waals surface area contributed by atoms with E-state index in [4.69, 9.17) is 14.2 Å². The number of hydrogen-bond acceptors (Lipinski definition) is 6. The number of ether oxygens (including phenoxy) is 3. The molecule has 0 aliphatic heterocycles. The lowest BCUT2D eigenvalue weighted by Gasteiger charge is -2.18. The van der Waals surface area contributed by atoms with E-state index in [1.807, 2.05) is 0 Å². The lowest BCUT2D eigenvalue weighted by atomic mass is 10.0. The van der Waals surface area contributed by atoms with Gasteiger partial charge in [-0.25, -0.2) is 0 Å². The van der Waals surface area contributed by atoms with Crippen molar-refractivity contribution in [2.75, 3.05) is 13.2 Å². The van der Waals surface area contributed by atoms with Crippen LogP contribution < -0.4 is 0 Å². The molecule has 0 aromatic carbocycles. The summed E-state index contributed by atoms with van der Waals surface area (Å²) in [4.78, 5) is 38.0. The predicted molar refractivity (Wildman–Crippen MR) is 279 cm³/mol. The Morgan fingerprint density at radius 3 is 0.938 bits per heavy atom. The van der Waals surface area contributed by atoms with Crippen LogP contribution in [-0.4, -0.2) is 37.2 Å². The molecule has 6 nitrogen and oxygen atoms in total. The number of rotatable bonds is 52. The van der Waals surface area contributed by atoms with Crippen molar-refractivity contribution in [2.24, 2.45) is 0 Å². The van der Waals surface area contributed by atoms with Gasteiger partial charge in [0.15, 0.2) is 6.10 Å². The fourth-order valence-electron chi connectivity index (χ4n) is 8.40. The molecule has 0 aromatic heterocycles. The third-order valence-corrected chi connectivity index (χ3v) is 12.7. The van der Waals surface area contributed by atoms with Gasteiger partial charge < -0.3 is 14.2 Å². The number of esters is 3. The fourth-order valence-corrected chi connectivity index (χ4v) is 8.40. The summed E-state index contributed by atoms with van der Waals surface area (Å²) >= 11 is 0. The SMILES string of the molecule is CC/C=C\C/C=C\C/C=C\CCCCCCCCCC(=O)OC(COC(=O)CCCCCCCCCC)COC(=O)CCCCCCCCCCCCCCCCCCCCCCCC. The molecular formula is C59H108O6. The Morgan fingerprint density at radius 1 is 0.323 bits per heavy atom. The molecule has 0 saturated heterocycles. The van der Waals surface area contributed by atoms with Crippen LogP contribution in [-0.2, 0) is 28.6 Å². The van der Waals surface area contributed by atoms with Crippen LogP contribution >= 0.6 is 0 Å². The molecule has 0 radical (unpaired) electrons.